The fraction of sp³-hybridized carbons (Fsp3) is 0.250. The smallest absolute Gasteiger partial charge is 0.119 e. The second kappa shape index (κ2) is 4.27. The number of rotatable bonds is 1. The van der Waals surface area contributed by atoms with Gasteiger partial charge in [-0.3, -0.25) is 0 Å². The number of aromatic hydroxyl groups is 1. The molecule has 98 valence electrons. The first-order valence-corrected chi connectivity index (χ1v) is 7.14. The molecule has 3 heteroatoms. The number of hydrogen-bond donors (Lipinski definition) is 2. The van der Waals surface area contributed by atoms with E-state index in [9.17, 15) is 5.11 Å². The van der Waals surface area contributed by atoms with Gasteiger partial charge < -0.3 is 10.4 Å². The number of hydrogen-bond acceptors (Lipinski definition) is 2. The number of anilines is 1. The van der Waals surface area contributed by atoms with Gasteiger partial charge in [0.1, 0.15) is 5.75 Å². The average molecular weight is 318 g/mol. The summed E-state index contributed by atoms with van der Waals surface area (Å²) in [6.45, 7) is 5.03. The molecule has 0 aromatic heterocycles. The molecular weight excluding hydrogens is 302 g/mol. The van der Waals surface area contributed by atoms with E-state index in [0.717, 1.165) is 27.8 Å². The van der Waals surface area contributed by atoms with E-state index in [-0.39, 0.29) is 5.41 Å². The van der Waals surface area contributed by atoms with Crippen molar-refractivity contribution in [2.75, 3.05) is 11.9 Å². The van der Waals surface area contributed by atoms with Crippen LogP contribution in [0.5, 0.6) is 5.75 Å². The van der Waals surface area contributed by atoms with Crippen molar-refractivity contribution in [1.82, 2.24) is 0 Å². The van der Waals surface area contributed by atoms with E-state index in [1.807, 2.05) is 12.1 Å². The largest absolute Gasteiger partial charge is 0.508 e. The number of phenols is 1. The molecule has 2 N–H and O–H groups in total. The van der Waals surface area contributed by atoms with Crippen molar-refractivity contribution in [1.29, 1.82) is 0 Å². The summed E-state index contributed by atoms with van der Waals surface area (Å²) in [5, 5.41) is 13.6. The van der Waals surface area contributed by atoms with Crippen LogP contribution in [0.4, 0.5) is 5.69 Å². The van der Waals surface area contributed by atoms with Crippen molar-refractivity contribution in [2.45, 2.75) is 19.3 Å². The quantitative estimate of drug-likeness (QED) is 0.826. The minimum Gasteiger partial charge on any atom is -0.508 e. The molecule has 1 atom stereocenters. The van der Waals surface area contributed by atoms with Crippen molar-refractivity contribution in [2.24, 2.45) is 0 Å². The summed E-state index contributed by atoms with van der Waals surface area (Å²) in [4.78, 5) is 0. The maximum atomic E-state index is 10.2. The van der Waals surface area contributed by atoms with Crippen molar-refractivity contribution in [3.63, 3.8) is 0 Å². The van der Waals surface area contributed by atoms with Crippen molar-refractivity contribution in [3.8, 4) is 5.75 Å². The zero-order valence-electron chi connectivity index (χ0n) is 11.0. The maximum Gasteiger partial charge on any atom is 0.119 e. The molecule has 1 aliphatic heterocycles. The highest BCUT2D eigenvalue weighted by atomic mass is 79.9. The van der Waals surface area contributed by atoms with Crippen LogP contribution < -0.4 is 5.32 Å². The number of benzene rings is 2. The highest BCUT2D eigenvalue weighted by Gasteiger charge is 2.38. The van der Waals surface area contributed by atoms with E-state index in [0.29, 0.717) is 5.75 Å². The predicted molar refractivity (Wildman–Crippen MR) is 81.9 cm³/mol. The summed E-state index contributed by atoms with van der Waals surface area (Å²) in [6, 6.07) is 12.0. The van der Waals surface area contributed by atoms with Gasteiger partial charge in [0, 0.05) is 27.7 Å². The van der Waals surface area contributed by atoms with Gasteiger partial charge in [-0.15, -0.1) is 0 Å². The zero-order valence-corrected chi connectivity index (χ0v) is 12.6. The summed E-state index contributed by atoms with van der Waals surface area (Å²) in [7, 11) is 0. The molecule has 0 saturated heterocycles. The lowest BCUT2D eigenvalue weighted by Gasteiger charge is -2.26. The summed E-state index contributed by atoms with van der Waals surface area (Å²) in [6.07, 6.45) is 0. The molecule has 2 aromatic carbocycles. The lowest BCUT2D eigenvalue weighted by Crippen LogP contribution is -2.26. The standard InChI is InChI=1S/C16H16BrNO/c1-10-3-6-15(19)13(7-10)16(2)9-18-14-5-4-11(17)8-12(14)16/h3-8,18-19H,9H2,1-2H3. The molecule has 3 rings (SSSR count). The van der Waals surface area contributed by atoms with Gasteiger partial charge in [-0.1, -0.05) is 33.6 Å². The van der Waals surface area contributed by atoms with Gasteiger partial charge >= 0.3 is 0 Å². The first-order valence-electron chi connectivity index (χ1n) is 6.35. The summed E-state index contributed by atoms with van der Waals surface area (Å²) in [5.41, 5.74) is 4.32. The van der Waals surface area contributed by atoms with E-state index < -0.39 is 0 Å². The van der Waals surface area contributed by atoms with Crippen molar-refractivity contribution in [3.05, 3.63) is 57.6 Å². The molecule has 2 aromatic rings. The van der Waals surface area contributed by atoms with E-state index in [4.69, 9.17) is 0 Å². The zero-order chi connectivity index (χ0) is 13.6. The molecule has 0 bridgehead atoms. The van der Waals surface area contributed by atoms with Crippen LogP contribution in [0.15, 0.2) is 40.9 Å². The van der Waals surface area contributed by atoms with Crippen LogP contribution >= 0.6 is 15.9 Å². The van der Waals surface area contributed by atoms with Crippen LogP contribution in [0.3, 0.4) is 0 Å². The predicted octanol–water partition coefficient (Wildman–Crippen LogP) is 4.19. The Bertz CT molecular complexity index is 653. The van der Waals surface area contributed by atoms with Crippen LogP contribution in [0.25, 0.3) is 0 Å². The summed E-state index contributed by atoms with van der Waals surface area (Å²) >= 11 is 3.53. The number of aryl methyl sites for hydroxylation is 1. The summed E-state index contributed by atoms with van der Waals surface area (Å²) < 4.78 is 1.06. The monoisotopic (exact) mass is 317 g/mol. The van der Waals surface area contributed by atoms with Crippen LogP contribution in [0, 0.1) is 6.92 Å². The first kappa shape index (κ1) is 12.5. The van der Waals surface area contributed by atoms with Crippen LogP contribution in [0.1, 0.15) is 23.6 Å². The van der Waals surface area contributed by atoms with E-state index >= 15 is 0 Å². The molecule has 1 unspecified atom stereocenters. The Morgan fingerprint density at radius 2 is 1.95 bits per heavy atom. The Labute approximate surface area is 121 Å². The lowest BCUT2D eigenvalue weighted by atomic mass is 9.77. The molecule has 0 spiro atoms. The van der Waals surface area contributed by atoms with Gasteiger partial charge in [-0.2, -0.15) is 0 Å². The normalized spacial score (nSPS) is 21.0. The number of phenolic OH excluding ortho intramolecular Hbond substituents is 1. The molecule has 0 aliphatic carbocycles. The molecule has 1 heterocycles. The third-order valence-corrected chi connectivity index (χ3v) is 4.45. The lowest BCUT2D eigenvalue weighted by molar-refractivity contribution is 0.452. The molecule has 0 fully saturated rings. The Balaban J connectivity index is 2.21. The molecule has 0 radical (unpaired) electrons. The molecule has 19 heavy (non-hydrogen) atoms. The maximum absolute atomic E-state index is 10.2. The Kier molecular flexibility index (Phi) is 2.82. The molecule has 2 nitrogen and oxygen atoms in total. The minimum atomic E-state index is -0.199. The Morgan fingerprint density at radius 3 is 2.74 bits per heavy atom. The van der Waals surface area contributed by atoms with Crippen LogP contribution in [0.2, 0.25) is 0 Å². The number of nitrogens with one attached hydrogen (secondary N) is 1. The van der Waals surface area contributed by atoms with Gasteiger partial charge in [-0.05, 0) is 43.7 Å². The average Bonchev–Trinajstić information content (AvgIpc) is 2.71. The minimum absolute atomic E-state index is 0.199. The van der Waals surface area contributed by atoms with Gasteiger partial charge in [-0.25, -0.2) is 0 Å². The number of halogens is 1. The topological polar surface area (TPSA) is 32.3 Å². The van der Waals surface area contributed by atoms with Crippen LogP contribution in [-0.2, 0) is 5.41 Å². The fourth-order valence-electron chi connectivity index (χ4n) is 2.83. The van der Waals surface area contributed by atoms with Crippen LogP contribution in [-0.4, -0.2) is 11.7 Å². The van der Waals surface area contributed by atoms with Crippen molar-refractivity contribution >= 4 is 21.6 Å². The second-order valence-electron chi connectivity index (χ2n) is 5.40. The third-order valence-electron chi connectivity index (χ3n) is 3.95. The highest BCUT2D eigenvalue weighted by molar-refractivity contribution is 9.10. The summed E-state index contributed by atoms with van der Waals surface area (Å²) in [5.74, 6) is 0.364. The van der Waals surface area contributed by atoms with Gasteiger partial charge in [0.25, 0.3) is 0 Å². The van der Waals surface area contributed by atoms with Gasteiger partial charge in [0.15, 0.2) is 0 Å². The van der Waals surface area contributed by atoms with E-state index in [1.165, 1.54) is 5.56 Å². The van der Waals surface area contributed by atoms with Crippen molar-refractivity contribution < 1.29 is 5.11 Å². The van der Waals surface area contributed by atoms with Gasteiger partial charge in [0.2, 0.25) is 0 Å². The Hall–Kier alpha value is -1.48. The van der Waals surface area contributed by atoms with E-state index in [2.05, 4.69) is 53.3 Å². The third kappa shape index (κ3) is 1.93. The molecule has 1 aliphatic rings. The number of fused-ring (bicyclic) bond motifs is 1. The first-order chi connectivity index (χ1) is 9.00. The molecule has 0 amide bonds. The highest BCUT2D eigenvalue weighted by Crippen LogP contribution is 2.45. The van der Waals surface area contributed by atoms with E-state index in [1.54, 1.807) is 6.07 Å². The molecular formula is C16H16BrNO. The second-order valence-corrected chi connectivity index (χ2v) is 6.31. The SMILES string of the molecule is Cc1ccc(O)c(C2(C)CNc3ccc(Br)cc32)c1. The van der Waals surface area contributed by atoms with Gasteiger partial charge in [0.05, 0.1) is 0 Å². The fourth-order valence-corrected chi connectivity index (χ4v) is 3.19. The Morgan fingerprint density at radius 1 is 1.16 bits per heavy atom. The molecule has 0 saturated carbocycles.